The van der Waals surface area contributed by atoms with E-state index in [1.54, 1.807) is 30.6 Å². The Bertz CT molecular complexity index is 1080. The van der Waals surface area contributed by atoms with Crippen LogP contribution in [0.15, 0.2) is 35.4 Å². The summed E-state index contributed by atoms with van der Waals surface area (Å²) in [4.78, 5) is 33.1. The van der Waals surface area contributed by atoms with Crippen molar-refractivity contribution in [2.75, 3.05) is 5.32 Å². The van der Waals surface area contributed by atoms with Gasteiger partial charge in [0.25, 0.3) is 5.56 Å². The molecule has 0 unspecified atom stereocenters. The van der Waals surface area contributed by atoms with Gasteiger partial charge in [0.1, 0.15) is 20.5 Å². The van der Waals surface area contributed by atoms with Crippen molar-refractivity contribution in [3.8, 4) is 5.88 Å². The van der Waals surface area contributed by atoms with E-state index in [1.807, 2.05) is 6.92 Å². The van der Waals surface area contributed by atoms with Crippen molar-refractivity contribution in [3.63, 3.8) is 0 Å². The number of hydrogen-bond acceptors (Lipinski definition) is 6. The molecule has 8 nitrogen and oxygen atoms in total. The normalized spacial score (nSPS) is 13.5. The molecule has 1 amide bonds. The van der Waals surface area contributed by atoms with E-state index in [2.05, 4.69) is 20.4 Å². The average molecular weight is 361 g/mol. The van der Waals surface area contributed by atoms with Crippen molar-refractivity contribution in [2.24, 2.45) is 0 Å². The van der Waals surface area contributed by atoms with Crippen LogP contribution in [0.1, 0.15) is 18.4 Å². The van der Waals surface area contributed by atoms with Gasteiger partial charge in [0, 0.05) is 12.4 Å². The molecule has 2 aromatic heterocycles. The molecule has 0 atom stereocenters. The van der Waals surface area contributed by atoms with Crippen LogP contribution in [0.25, 0.3) is 10.8 Å². The number of anilines is 1. The zero-order valence-electron chi connectivity index (χ0n) is 14.7. The molecule has 4 rings (SSSR count). The van der Waals surface area contributed by atoms with Crippen molar-refractivity contribution in [3.05, 3.63) is 46.5 Å². The summed E-state index contributed by atoms with van der Waals surface area (Å²) in [6.45, 7) is 1.57. The van der Waals surface area contributed by atoms with Gasteiger partial charge < -0.3 is 4.74 Å². The van der Waals surface area contributed by atoms with E-state index in [4.69, 9.17) is 12.6 Å². The molecular weight excluding hydrogens is 345 g/mol. The SMILES string of the molecule is [B]c1ccc2c(=O)n(CC(=O)Nc3ncc(C)cn3)nc(OC3CC3)c2c1. The molecule has 1 aliphatic rings. The van der Waals surface area contributed by atoms with Crippen molar-refractivity contribution in [1.82, 2.24) is 19.7 Å². The van der Waals surface area contributed by atoms with Crippen molar-refractivity contribution < 1.29 is 9.53 Å². The van der Waals surface area contributed by atoms with Crippen LogP contribution < -0.4 is 21.1 Å². The van der Waals surface area contributed by atoms with Crippen molar-refractivity contribution in [2.45, 2.75) is 32.4 Å². The second kappa shape index (κ2) is 6.83. The van der Waals surface area contributed by atoms with Crippen molar-refractivity contribution in [1.29, 1.82) is 0 Å². The molecule has 3 aromatic rings. The first-order chi connectivity index (χ1) is 13.0. The lowest BCUT2D eigenvalue weighted by atomic mass is 9.94. The number of hydrogen-bond donors (Lipinski definition) is 1. The van der Waals surface area contributed by atoms with E-state index in [0.29, 0.717) is 22.1 Å². The minimum atomic E-state index is -0.458. The third-order valence-corrected chi connectivity index (χ3v) is 4.08. The van der Waals surface area contributed by atoms with Crippen LogP contribution in [0.2, 0.25) is 0 Å². The molecule has 2 heterocycles. The number of carbonyl (C=O) groups is 1. The van der Waals surface area contributed by atoms with Crippen LogP contribution in [-0.2, 0) is 11.3 Å². The molecule has 0 spiro atoms. The van der Waals surface area contributed by atoms with Crippen LogP contribution in [0.4, 0.5) is 5.95 Å². The number of fused-ring (bicyclic) bond motifs is 1. The number of rotatable bonds is 5. The molecule has 134 valence electrons. The van der Waals surface area contributed by atoms with Gasteiger partial charge in [-0.3, -0.25) is 14.9 Å². The second-order valence-electron chi connectivity index (χ2n) is 6.52. The lowest BCUT2D eigenvalue weighted by molar-refractivity contribution is -0.117. The maximum Gasteiger partial charge on any atom is 0.275 e. The average Bonchev–Trinajstić information content (AvgIpc) is 3.45. The maximum absolute atomic E-state index is 12.7. The predicted octanol–water partition coefficient (Wildman–Crippen LogP) is 0.469. The molecular formula is C18H16BN5O3. The molecule has 0 aliphatic heterocycles. The molecule has 1 fully saturated rings. The van der Waals surface area contributed by atoms with Crippen LogP contribution in [0, 0.1) is 6.92 Å². The summed E-state index contributed by atoms with van der Waals surface area (Å²) in [5.41, 5.74) is 0.992. The third-order valence-electron chi connectivity index (χ3n) is 4.08. The van der Waals surface area contributed by atoms with E-state index < -0.39 is 11.5 Å². The summed E-state index contributed by atoms with van der Waals surface area (Å²) in [6.07, 6.45) is 5.15. The molecule has 1 aliphatic carbocycles. The van der Waals surface area contributed by atoms with Gasteiger partial charge >= 0.3 is 0 Å². The highest BCUT2D eigenvalue weighted by atomic mass is 16.5. The lowest BCUT2D eigenvalue weighted by Gasteiger charge is -2.12. The standard InChI is InChI=1S/C18H16BN5O3/c1-10-7-20-18(21-8-10)22-15(25)9-24-17(26)13-5-2-11(19)6-14(13)16(23-24)27-12-3-4-12/h2,5-8,12H,3-4,9H2,1H3,(H,20,21,22,25). The van der Waals surface area contributed by atoms with E-state index in [-0.39, 0.29) is 18.6 Å². The Morgan fingerprint density at radius 1 is 1.30 bits per heavy atom. The second-order valence-corrected chi connectivity index (χ2v) is 6.52. The number of nitrogens with one attached hydrogen (secondary N) is 1. The molecule has 0 bridgehead atoms. The van der Waals surface area contributed by atoms with Crippen LogP contribution in [-0.4, -0.2) is 39.6 Å². The van der Waals surface area contributed by atoms with E-state index in [0.717, 1.165) is 23.1 Å². The molecule has 27 heavy (non-hydrogen) atoms. The van der Waals surface area contributed by atoms with Gasteiger partial charge in [-0.15, -0.1) is 5.10 Å². The number of nitrogens with zero attached hydrogens (tertiary/aromatic N) is 4. The monoisotopic (exact) mass is 361 g/mol. The Morgan fingerprint density at radius 3 is 2.74 bits per heavy atom. The van der Waals surface area contributed by atoms with Crippen LogP contribution in [0.5, 0.6) is 5.88 Å². The highest BCUT2D eigenvalue weighted by molar-refractivity contribution is 6.33. The molecule has 0 saturated heterocycles. The van der Waals surface area contributed by atoms with Gasteiger partial charge in [0.15, 0.2) is 0 Å². The Balaban J connectivity index is 1.65. The number of ether oxygens (including phenoxy) is 1. The quantitative estimate of drug-likeness (QED) is 0.664. The summed E-state index contributed by atoms with van der Waals surface area (Å²) in [5, 5.41) is 7.74. The fourth-order valence-corrected chi connectivity index (χ4v) is 2.57. The summed E-state index contributed by atoms with van der Waals surface area (Å²) in [6, 6.07) is 4.91. The first-order valence-electron chi connectivity index (χ1n) is 8.55. The van der Waals surface area contributed by atoms with Gasteiger partial charge in [-0.2, -0.15) is 0 Å². The number of benzene rings is 1. The zero-order valence-corrected chi connectivity index (χ0v) is 14.7. The topological polar surface area (TPSA) is 99.0 Å². The minimum Gasteiger partial charge on any atom is -0.473 e. The maximum atomic E-state index is 12.7. The first kappa shape index (κ1) is 17.2. The molecule has 2 radical (unpaired) electrons. The van der Waals surface area contributed by atoms with Gasteiger partial charge in [-0.05, 0) is 31.4 Å². The lowest BCUT2D eigenvalue weighted by Crippen LogP contribution is -2.31. The molecule has 1 aromatic carbocycles. The summed E-state index contributed by atoms with van der Waals surface area (Å²) >= 11 is 0. The van der Waals surface area contributed by atoms with Gasteiger partial charge in [0.2, 0.25) is 17.7 Å². The number of amides is 1. The minimum absolute atomic E-state index is 0.0860. The number of carbonyl (C=O) groups excluding carboxylic acids is 1. The molecule has 9 heteroatoms. The Kier molecular flexibility index (Phi) is 4.35. The Hall–Kier alpha value is -3.23. The predicted molar refractivity (Wildman–Crippen MR) is 100 cm³/mol. The van der Waals surface area contributed by atoms with E-state index >= 15 is 0 Å². The highest BCUT2D eigenvalue weighted by Crippen LogP contribution is 2.28. The zero-order chi connectivity index (χ0) is 19.0. The molecule has 1 N–H and O–H groups in total. The van der Waals surface area contributed by atoms with E-state index in [9.17, 15) is 9.59 Å². The highest BCUT2D eigenvalue weighted by Gasteiger charge is 2.26. The largest absolute Gasteiger partial charge is 0.473 e. The van der Waals surface area contributed by atoms with Crippen LogP contribution >= 0.6 is 0 Å². The van der Waals surface area contributed by atoms with Gasteiger partial charge in [-0.1, -0.05) is 17.6 Å². The summed E-state index contributed by atoms with van der Waals surface area (Å²) < 4.78 is 6.90. The fourth-order valence-electron chi connectivity index (χ4n) is 2.57. The third kappa shape index (κ3) is 3.81. The Labute approximate surface area is 156 Å². The smallest absolute Gasteiger partial charge is 0.275 e. The number of aryl methyl sites for hydroxylation is 1. The fraction of sp³-hybridized carbons (Fsp3) is 0.278. The number of aromatic nitrogens is 4. The Morgan fingerprint density at radius 2 is 2.04 bits per heavy atom. The van der Waals surface area contributed by atoms with Gasteiger partial charge in [0.05, 0.1) is 10.8 Å². The van der Waals surface area contributed by atoms with Crippen LogP contribution in [0.3, 0.4) is 0 Å². The molecule has 1 saturated carbocycles. The van der Waals surface area contributed by atoms with Gasteiger partial charge in [-0.25, -0.2) is 14.6 Å². The van der Waals surface area contributed by atoms with Crippen molar-refractivity contribution >= 4 is 35.9 Å². The summed E-state index contributed by atoms with van der Waals surface area (Å²) in [5.74, 6) is 0.0149. The van der Waals surface area contributed by atoms with E-state index in [1.165, 1.54) is 0 Å². The first-order valence-corrected chi connectivity index (χ1v) is 8.55. The summed E-state index contributed by atoms with van der Waals surface area (Å²) in [7, 11) is 5.83.